The lowest BCUT2D eigenvalue weighted by molar-refractivity contribution is 0.102. The van der Waals surface area contributed by atoms with Crippen LogP contribution in [0, 0.1) is 5.92 Å². The van der Waals surface area contributed by atoms with Crippen molar-refractivity contribution in [3.63, 3.8) is 0 Å². The van der Waals surface area contributed by atoms with Crippen molar-refractivity contribution in [2.45, 2.75) is 12.8 Å². The van der Waals surface area contributed by atoms with E-state index in [9.17, 15) is 4.79 Å². The van der Waals surface area contributed by atoms with Crippen molar-refractivity contribution in [2.24, 2.45) is 11.7 Å². The topological polar surface area (TPSA) is 112 Å². The molecule has 34 heavy (non-hydrogen) atoms. The largest absolute Gasteiger partial charge is 0.401 e. The van der Waals surface area contributed by atoms with Crippen LogP contribution in [0.1, 0.15) is 23.3 Å². The standard InChI is InChI=1S/C26H29N7O/c1-3-18(2)33-15-5-6-19(17-33)22(27)16-28-20-9-11-21(12-10-20)30-26(34)25-8-4-7-23(31-25)24-13-14-29-32-24/h3-4,7-14,16,19,28H,1-2,5-6,15,17,27H2,(H,29,32)(H,30,34)/b22-16-. The summed E-state index contributed by atoms with van der Waals surface area (Å²) < 4.78 is 0. The lowest BCUT2D eigenvalue weighted by atomic mass is 9.95. The molecule has 0 bridgehead atoms. The molecular weight excluding hydrogens is 426 g/mol. The van der Waals surface area contributed by atoms with Gasteiger partial charge in [0.05, 0.1) is 11.4 Å². The maximum atomic E-state index is 12.6. The Hall–Kier alpha value is -4.33. The molecule has 8 heteroatoms. The molecule has 3 heterocycles. The summed E-state index contributed by atoms with van der Waals surface area (Å²) in [6.45, 7) is 9.67. The van der Waals surface area contributed by atoms with Crippen molar-refractivity contribution in [1.82, 2.24) is 20.1 Å². The van der Waals surface area contributed by atoms with Gasteiger partial charge in [-0.15, -0.1) is 0 Å². The lowest BCUT2D eigenvalue weighted by Gasteiger charge is -2.34. The van der Waals surface area contributed by atoms with E-state index >= 15 is 0 Å². The van der Waals surface area contributed by atoms with E-state index < -0.39 is 0 Å². The molecule has 174 valence electrons. The Bertz CT molecular complexity index is 1180. The zero-order chi connectivity index (χ0) is 23.9. The SMILES string of the molecule is C=CC(=C)N1CCCC(/C(N)=C/Nc2ccc(NC(=O)c3cccc(-c4ccn[nH]4)n3)cc2)C1. The third kappa shape index (κ3) is 5.53. The molecule has 0 radical (unpaired) electrons. The van der Waals surface area contributed by atoms with Gasteiger partial charge in [0.1, 0.15) is 5.69 Å². The second-order valence-corrected chi connectivity index (χ2v) is 8.18. The van der Waals surface area contributed by atoms with Gasteiger partial charge in [0.15, 0.2) is 0 Å². The molecule has 0 saturated carbocycles. The number of hydrogen-bond acceptors (Lipinski definition) is 6. The minimum Gasteiger partial charge on any atom is -0.401 e. The van der Waals surface area contributed by atoms with E-state index in [1.807, 2.05) is 36.5 Å². The zero-order valence-corrected chi connectivity index (χ0v) is 19.0. The van der Waals surface area contributed by atoms with E-state index in [1.165, 1.54) is 0 Å². The fourth-order valence-electron chi connectivity index (χ4n) is 3.88. The minimum absolute atomic E-state index is 0.265. The summed E-state index contributed by atoms with van der Waals surface area (Å²) in [5.41, 5.74) is 11.4. The van der Waals surface area contributed by atoms with Crippen LogP contribution in [0.25, 0.3) is 11.4 Å². The highest BCUT2D eigenvalue weighted by Crippen LogP contribution is 2.24. The quantitative estimate of drug-likeness (QED) is 0.376. The smallest absolute Gasteiger partial charge is 0.274 e. The van der Waals surface area contributed by atoms with Crippen molar-refractivity contribution >= 4 is 17.3 Å². The molecular formula is C26H29N7O. The normalized spacial score (nSPS) is 16.1. The Morgan fingerprint density at radius 1 is 1.18 bits per heavy atom. The molecule has 1 aliphatic rings. The van der Waals surface area contributed by atoms with Crippen LogP contribution in [0.2, 0.25) is 0 Å². The van der Waals surface area contributed by atoms with Gasteiger partial charge in [-0.25, -0.2) is 4.98 Å². The summed E-state index contributed by atoms with van der Waals surface area (Å²) in [6, 6.07) is 14.5. The molecule has 0 aliphatic carbocycles. The second-order valence-electron chi connectivity index (χ2n) is 8.18. The van der Waals surface area contributed by atoms with Gasteiger partial charge >= 0.3 is 0 Å². The van der Waals surface area contributed by atoms with Crippen molar-refractivity contribution in [3.05, 3.63) is 97.2 Å². The number of H-pyrrole nitrogens is 1. The number of likely N-dealkylation sites (tertiary alicyclic amines) is 1. The number of rotatable bonds is 8. The number of anilines is 2. The van der Waals surface area contributed by atoms with Gasteiger partial charge in [-0.1, -0.05) is 19.2 Å². The van der Waals surface area contributed by atoms with Crippen molar-refractivity contribution in [2.75, 3.05) is 23.7 Å². The molecule has 4 rings (SSSR count). The number of piperidine rings is 1. The summed E-state index contributed by atoms with van der Waals surface area (Å²) in [6.07, 6.45) is 7.40. The first-order valence-corrected chi connectivity index (χ1v) is 11.2. The number of nitrogens with two attached hydrogens (primary N) is 1. The lowest BCUT2D eigenvalue weighted by Crippen LogP contribution is -2.36. The highest BCUT2D eigenvalue weighted by molar-refractivity contribution is 6.03. The number of nitrogens with zero attached hydrogens (tertiary/aromatic N) is 3. The number of hydrogen-bond donors (Lipinski definition) is 4. The van der Waals surface area contributed by atoms with Gasteiger partial charge in [-0.2, -0.15) is 5.10 Å². The third-order valence-corrected chi connectivity index (χ3v) is 5.84. The average molecular weight is 456 g/mol. The number of allylic oxidation sites excluding steroid dienone is 1. The van der Waals surface area contributed by atoms with E-state index in [0.717, 1.165) is 48.7 Å². The first-order valence-electron chi connectivity index (χ1n) is 11.2. The number of nitrogens with one attached hydrogen (secondary N) is 3. The van der Waals surface area contributed by atoms with Crippen LogP contribution in [0.5, 0.6) is 0 Å². The molecule has 5 N–H and O–H groups in total. The summed E-state index contributed by atoms with van der Waals surface area (Å²) >= 11 is 0. The number of amides is 1. The maximum Gasteiger partial charge on any atom is 0.274 e. The molecule has 1 atom stereocenters. The monoisotopic (exact) mass is 455 g/mol. The molecule has 1 fully saturated rings. The molecule has 8 nitrogen and oxygen atoms in total. The Morgan fingerprint density at radius 2 is 1.97 bits per heavy atom. The number of aromatic nitrogens is 3. The summed E-state index contributed by atoms with van der Waals surface area (Å²) in [5, 5.41) is 12.9. The molecule has 1 aromatic carbocycles. The van der Waals surface area contributed by atoms with Crippen LogP contribution in [0.15, 0.2) is 91.6 Å². The number of pyridine rings is 1. The first-order chi connectivity index (χ1) is 16.5. The summed E-state index contributed by atoms with van der Waals surface area (Å²) in [4.78, 5) is 19.3. The van der Waals surface area contributed by atoms with Crippen LogP contribution >= 0.6 is 0 Å². The highest BCUT2D eigenvalue weighted by Gasteiger charge is 2.21. The van der Waals surface area contributed by atoms with Crippen molar-refractivity contribution in [3.8, 4) is 11.4 Å². The third-order valence-electron chi connectivity index (χ3n) is 5.84. The van der Waals surface area contributed by atoms with E-state index in [0.29, 0.717) is 17.1 Å². The predicted molar refractivity (Wildman–Crippen MR) is 136 cm³/mol. The maximum absolute atomic E-state index is 12.6. The Kier molecular flexibility index (Phi) is 7.07. The predicted octanol–water partition coefficient (Wildman–Crippen LogP) is 4.35. The molecule has 1 saturated heterocycles. The van der Waals surface area contributed by atoms with E-state index in [-0.39, 0.29) is 11.8 Å². The van der Waals surface area contributed by atoms with Crippen LogP contribution in [0.3, 0.4) is 0 Å². The van der Waals surface area contributed by atoms with Gasteiger partial charge in [-0.05, 0) is 61.4 Å². The Labute approximate surface area is 199 Å². The Balaban J connectivity index is 1.34. The average Bonchev–Trinajstić information content (AvgIpc) is 3.43. The van der Waals surface area contributed by atoms with E-state index in [4.69, 9.17) is 5.73 Å². The first kappa shape index (κ1) is 22.8. The van der Waals surface area contributed by atoms with Gasteiger partial charge in [-0.3, -0.25) is 9.89 Å². The van der Waals surface area contributed by atoms with Gasteiger partial charge < -0.3 is 21.3 Å². The summed E-state index contributed by atoms with van der Waals surface area (Å²) in [7, 11) is 0. The highest BCUT2D eigenvalue weighted by atomic mass is 16.1. The number of carbonyl (C=O) groups excluding carboxylic acids is 1. The molecule has 1 amide bonds. The van der Waals surface area contributed by atoms with Gasteiger partial charge in [0, 0.05) is 54.2 Å². The minimum atomic E-state index is -0.283. The van der Waals surface area contributed by atoms with Crippen molar-refractivity contribution < 1.29 is 4.79 Å². The number of aromatic amines is 1. The van der Waals surface area contributed by atoms with Gasteiger partial charge in [0.2, 0.25) is 0 Å². The van der Waals surface area contributed by atoms with Gasteiger partial charge in [0.25, 0.3) is 5.91 Å². The molecule has 1 aliphatic heterocycles. The van der Waals surface area contributed by atoms with E-state index in [2.05, 4.69) is 43.9 Å². The fraction of sp³-hybridized carbons (Fsp3) is 0.192. The molecule has 1 unspecified atom stereocenters. The van der Waals surface area contributed by atoms with Crippen molar-refractivity contribution in [1.29, 1.82) is 0 Å². The van der Waals surface area contributed by atoms with Crippen LogP contribution in [-0.2, 0) is 0 Å². The second kappa shape index (κ2) is 10.5. The Morgan fingerprint density at radius 3 is 2.71 bits per heavy atom. The number of benzene rings is 1. The fourth-order valence-corrected chi connectivity index (χ4v) is 3.88. The molecule has 0 spiro atoms. The van der Waals surface area contributed by atoms with Crippen LogP contribution in [-0.4, -0.2) is 39.1 Å². The molecule has 2 aromatic heterocycles. The molecule has 3 aromatic rings. The van der Waals surface area contributed by atoms with Crippen LogP contribution in [0.4, 0.5) is 11.4 Å². The number of carbonyl (C=O) groups is 1. The van der Waals surface area contributed by atoms with E-state index in [1.54, 1.807) is 30.5 Å². The zero-order valence-electron chi connectivity index (χ0n) is 19.0. The summed E-state index contributed by atoms with van der Waals surface area (Å²) in [5.74, 6) is -0.0179. The van der Waals surface area contributed by atoms with Crippen LogP contribution < -0.4 is 16.4 Å².